The molecule has 1 aromatic carbocycles. The van der Waals surface area contributed by atoms with E-state index in [0.29, 0.717) is 12.5 Å². The van der Waals surface area contributed by atoms with E-state index in [0.717, 1.165) is 61.8 Å². The summed E-state index contributed by atoms with van der Waals surface area (Å²) >= 11 is 3.51. The van der Waals surface area contributed by atoms with Crippen molar-refractivity contribution in [2.75, 3.05) is 26.2 Å². The molecule has 1 saturated heterocycles. The zero-order valence-corrected chi connectivity index (χ0v) is 16.3. The van der Waals surface area contributed by atoms with Gasteiger partial charge >= 0.3 is 0 Å². The van der Waals surface area contributed by atoms with E-state index in [9.17, 15) is 4.79 Å². The minimum Gasteiger partial charge on any atom is -0.378 e. The highest BCUT2D eigenvalue weighted by Gasteiger charge is 2.53. The van der Waals surface area contributed by atoms with Gasteiger partial charge in [-0.3, -0.25) is 4.79 Å². The summed E-state index contributed by atoms with van der Waals surface area (Å²) in [4.78, 5) is 15.1. The van der Waals surface area contributed by atoms with Gasteiger partial charge in [0.15, 0.2) is 0 Å². The maximum Gasteiger partial charge on any atom is 0.233 e. The molecular weight excluding hydrogens is 392 g/mol. The van der Waals surface area contributed by atoms with Gasteiger partial charge in [0.05, 0.1) is 11.5 Å². The van der Waals surface area contributed by atoms with E-state index >= 15 is 0 Å². The number of hydrogen-bond acceptors (Lipinski definition) is 3. The summed E-state index contributed by atoms with van der Waals surface area (Å²) in [5.41, 5.74) is 6.37. The third-order valence-corrected chi connectivity index (χ3v) is 5.46. The van der Waals surface area contributed by atoms with Gasteiger partial charge in [-0.15, -0.1) is 12.4 Å². The normalized spacial score (nSPS) is 19.7. The van der Waals surface area contributed by atoms with E-state index in [1.54, 1.807) is 0 Å². The van der Waals surface area contributed by atoms with Gasteiger partial charge in [-0.05, 0) is 56.3 Å². The first-order valence-electron chi connectivity index (χ1n) is 8.53. The van der Waals surface area contributed by atoms with Crippen molar-refractivity contribution in [3.8, 4) is 0 Å². The lowest BCUT2D eigenvalue weighted by Gasteiger charge is -2.34. The van der Waals surface area contributed by atoms with Crippen LogP contribution in [0.25, 0.3) is 0 Å². The van der Waals surface area contributed by atoms with Crippen LogP contribution in [0, 0.1) is 0 Å². The zero-order valence-electron chi connectivity index (χ0n) is 13.9. The highest BCUT2D eigenvalue weighted by Crippen LogP contribution is 2.50. The monoisotopic (exact) mass is 416 g/mol. The minimum atomic E-state index is -0.267. The second kappa shape index (κ2) is 8.65. The first-order chi connectivity index (χ1) is 11.2. The number of benzene rings is 1. The smallest absolute Gasteiger partial charge is 0.233 e. The Hall–Kier alpha value is -0.620. The van der Waals surface area contributed by atoms with Crippen LogP contribution < -0.4 is 5.73 Å². The summed E-state index contributed by atoms with van der Waals surface area (Å²) in [6.07, 6.45) is 5.00. The number of amides is 1. The Morgan fingerprint density at radius 3 is 2.62 bits per heavy atom. The fourth-order valence-electron chi connectivity index (χ4n) is 3.40. The lowest BCUT2D eigenvalue weighted by molar-refractivity contribution is -0.136. The molecule has 2 N–H and O–H groups in total. The predicted octanol–water partition coefficient (Wildman–Crippen LogP) is 3.26. The van der Waals surface area contributed by atoms with Crippen LogP contribution in [0.15, 0.2) is 28.7 Å². The number of nitrogens with zero attached hydrogens (tertiary/aromatic N) is 1. The van der Waals surface area contributed by atoms with Crippen molar-refractivity contribution in [2.24, 2.45) is 5.73 Å². The quantitative estimate of drug-likeness (QED) is 0.723. The molecule has 1 aromatic rings. The molecule has 0 atom stereocenters. The van der Waals surface area contributed by atoms with Gasteiger partial charge < -0.3 is 15.4 Å². The summed E-state index contributed by atoms with van der Waals surface area (Å²) in [5, 5.41) is 0. The van der Waals surface area contributed by atoms with Crippen LogP contribution in [0.2, 0.25) is 0 Å². The molecule has 0 bridgehead atoms. The highest BCUT2D eigenvalue weighted by atomic mass is 79.9. The summed E-state index contributed by atoms with van der Waals surface area (Å²) in [5.74, 6) is 0.302. The predicted molar refractivity (Wildman–Crippen MR) is 102 cm³/mol. The maximum absolute atomic E-state index is 13.0. The molecule has 1 amide bonds. The molecule has 1 aliphatic heterocycles. The summed E-state index contributed by atoms with van der Waals surface area (Å²) < 4.78 is 6.87. The number of likely N-dealkylation sites (tertiary alicyclic amines) is 1. The molecule has 1 aliphatic carbocycles. The molecule has 1 saturated carbocycles. The summed E-state index contributed by atoms with van der Waals surface area (Å²) in [7, 11) is 0. The van der Waals surface area contributed by atoms with Gasteiger partial charge in [-0.1, -0.05) is 28.1 Å². The molecule has 0 unspecified atom stereocenters. The number of hydrogen-bond donors (Lipinski definition) is 1. The fraction of sp³-hybridized carbons (Fsp3) is 0.611. The molecule has 4 nitrogen and oxygen atoms in total. The van der Waals surface area contributed by atoms with Gasteiger partial charge in [-0.2, -0.15) is 0 Å². The Balaban J connectivity index is 0.00000208. The maximum atomic E-state index is 13.0. The first-order valence-corrected chi connectivity index (χ1v) is 9.32. The molecule has 1 heterocycles. The van der Waals surface area contributed by atoms with Crippen LogP contribution in [0.4, 0.5) is 0 Å². The molecule has 2 aliphatic rings. The highest BCUT2D eigenvalue weighted by molar-refractivity contribution is 9.10. The average Bonchev–Trinajstić information content (AvgIpc) is 3.37. The second-order valence-electron chi connectivity index (χ2n) is 6.60. The standard InChI is InChI=1S/C18H25BrN2O2.ClH/c19-15-4-1-3-14(13-15)18(7-8-18)17(22)21-10-5-16(6-11-21)23-12-2-9-20;/h1,3-4,13,16H,2,5-12,20H2;1H. The largest absolute Gasteiger partial charge is 0.378 e. The Morgan fingerprint density at radius 2 is 2.04 bits per heavy atom. The molecule has 0 spiro atoms. The number of rotatable bonds is 6. The number of piperidine rings is 1. The van der Waals surface area contributed by atoms with Crippen molar-refractivity contribution in [3.05, 3.63) is 34.3 Å². The van der Waals surface area contributed by atoms with Crippen LogP contribution in [0.3, 0.4) is 0 Å². The van der Waals surface area contributed by atoms with E-state index in [-0.39, 0.29) is 23.9 Å². The third-order valence-electron chi connectivity index (χ3n) is 4.97. The third kappa shape index (κ3) is 4.31. The second-order valence-corrected chi connectivity index (χ2v) is 7.51. The SMILES string of the molecule is Cl.NCCCOC1CCN(C(=O)C2(c3cccc(Br)c3)CC2)CC1. The lowest BCUT2D eigenvalue weighted by atomic mass is 9.93. The molecule has 0 aromatic heterocycles. The summed E-state index contributed by atoms with van der Waals surface area (Å²) in [6.45, 7) is 3.02. The van der Waals surface area contributed by atoms with Crippen LogP contribution in [-0.2, 0) is 14.9 Å². The van der Waals surface area contributed by atoms with Gasteiger partial charge in [0.1, 0.15) is 0 Å². The molecular formula is C18H26BrClN2O2. The molecule has 6 heteroatoms. The first kappa shape index (κ1) is 19.7. The molecule has 2 fully saturated rings. The van der Waals surface area contributed by atoms with Crippen LogP contribution in [0.1, 0.15) is 37.7 Å². The Labute approximate surface area is 158 Å². The molecule has 134 valence electrons. The van der Waals surface area contributed by atoms with E-state index in [1.165, 1.54) is 0 Å². The van der Waals surface area contributed by atoms with Gasteiger partial charge in [0, 0.05) is 24.2 Å². The lowest BCUT2D eigenvalue weighted by Crippen LogP contribution is -2.45. The number of carbonyl (C=O) groups excluding carboxylic acids is 1. The molecule has 0 radical (unpaired) electrons. The van der Waals surface area contributed by atoms with Crippen molar-refractivity contribution in [3.63, 3.8) is 0 Å². The van der Waals surface area contributed by atoms with E-state index in [4.69, 9.17) is 10.5 Å². The van der Waals surface area contributed by atoms with Crippen molar-refractivity contribution in [1.29, 1.82) is 0 Å². The molecule has 24 heavy (non-hydrogen) atoms. The fourth-order valence-corrected chi connectivity index (χ4v) is 3.80. The number of halogens is 2. The average molecular weight is 418 g/mol. The van der Waals surface area contributed by atoms with E-state index in [1.807, 2.05) is 17.0 Å². The van der Waals surface area contributed by atoms with E-state index < -0.39 is 0 Å². The van der Waals surface area contributed by atoms with Gasteiger partial charge in [0.2, 0.25) is 5.91 Å². The van der Waals surface area contributed by atoms with Crippen LogP contribution in [-0.4, -0.2) is 43.2 Å². The van der Waals surface area contributed by atoms with E-state index in [2.05, 4.69) is 28.1 Å². The van der Waals surface area contributed by atoms with Crippen molar-refractivity contribution >= 4 is 34.2 Å². The van der Waals surface area contributed by atoms with Crippen LogP contribution >= 0.6 is 28.3 Å². The number of nitrogens with two attached hydrogens (primary N) is 1. The van der Waals surface area contributed by atoms with Crippen molar-refractivity contribution in [2.45, 2.75) is 43.6 Å². The van der Waals surface area contributed by atoms with Crippen molar-refractivity contribution in [1.82, 2.24) is 4.90 Å². The Bertz CT molecular complexity index is 558. The minimum absolute atomic E-state index is 0. The zero-order chi connectivity index (χ0) is 16.3. The van der Waals surface area contributed by atoms with Crippen molar-refractivity contribution < 1.29 is 9.53 Å². The van der Waals surface area contributed by atoms with Gasteiger partial charge in [-0.25, -0.2) is 0 Å². The molecule has 3 rings (SSSR count). The summed E-state index contributed by atoms with van der Waals surface area (Å²) in [6, 6.07) is 8.20. The number of ether oxygens (including phenoxy) is 1. The Morgan fingerprint density at radius 1 is 1.33 bits per heavy atom. The Kier molecular flexibility index (Phi) is 7.10. The number of carbonyl (C=O) groups is 1. The topological polar surface area (TPSA) is 55.6 Å². The van der Waals surface area contributed by atoms with Crippen LogP contribution in [0.5, 0.6) is 0 Å². The van der Waals surface area contributed by atoms with Gasteiger partial charge in [0.25, 0.3) is 0 Å².